The third kappa shape index (κ3) is 4.07. The summed E-state index contributed by atoms with van der Waals surface area (Å²) < 4.78 is 5.57. The summed E-state index contributed by atoms with van der Waals surface area (Å²) in [5.74, 6) is 0.498. The molecule has 0 saturated heterocycles. The molecule has 0 aromatic rings. The van der Waals surface area contributed by atoms with E-state index < -0.39 is 0 Å². The van der Waals surface area contributed by atoms with Crippen molar-refractivity contribution in [3.05, 3.63) is 0 Å². The minimum Gasteiger partial charge on any atom is -0.396 e. The summed E-state index contributed by atoms with van der Waals surface area (Å²) in [7, 11) is 0. The Kier molecular flexibility index (Phi) is 5.35. The van der Waals surface area contributed by atoms with Crippen LogP contribution < -0.4 is 0 Å². The third-order valence-electron chi connectivity index (χ3n) is 2.71. The van der Waals surface area contributed by atoms with Crippen LogP contribution in [0.25, 0.3) is 0 Å². The van der Waals surface area contributed by atoms with Crippen molar-refractivity contribution in [2.75, 3.05) is 19.8 Å². The molecule has 0 unspecified atom stereocenters. The average molecular weight is 188 g/mol. The van der Waals surface area contributed by atoms with Crippen LogP contribution in [0.3, 0.4) is 0 Å². The molecule has 1 aliphatic carbocycles. The van der Waals surface area contributed by atoms with Gasteiger partial charge in [-0.3, -0.25) is 0 Å². The summed E-state index contributed by atoms with van der Waals surface area (Å²) >= 11 is 0. The van der Waals surface area contributed by atoms with Crippen LogP contribution in [0.1, 0.15) is 32.1 Å². The van der Waals surface area contributed by atoms with Gasteiger partial charge in [-0.1, -0.05) is 0 Å². The SMILES string of the molecule is OCCCOC1CCC(CO)CC1. The first-order valence-corrected chi connectivity index (χ1v) is 5.20. The molecule has 1 fully saturated rings. The molecule has 0 aromatic carbocycles. The molecule has 0 amide bonds. The molecule has 78 valence electrons. The molecule has 2 N–H and O–H groups in total. The molecule has 0 aromatic heterocycles. The van der Waals surface area contributed by atoms with Crippen molar-refractivity contribution in [2.24, 2.45) is 5.92 Å². The lowest BCUT2D eigenvalue weighted by Crippen LogP contribution is -2.23. The Bertz CT molecular complexity index is 117. The fourth-order valence-electron chi connectivity index (χ4n) is 1.80. The normalized spacial score (nSPS) is 29.1. The second kappa shape index (κ2) is 6.35. The van der Waals surface area contributed by atoms with E-state index in [1.807, 2.05) is 0 Å². The summed E-state index contributed by atoms with van der Waals surface area (Å²) in [6.45, 7) is 1.21. The van der Waals surface area contributed by atoms with E-state index in [-0.39, 0.29) is 6.61 Å². The topological polar surface area (TPSA) is 49.7 Å². The van der Waals surface area contributed by atoms with E-state index in [1.54, 1.807) is 0 Å². The van der Waals surface area contributed by atoms with Crippen LogP contribution in [0.4, 0.5) is 0 Å². The minimum atomic E-state index is 0.214. The molecule has 1 aliphatic rings. The second-order valence-electron chi connectivity index (χ2n) is 3.77. The van der Waals surface area contributed by atoms with Gasteiger partial charge in [0.25, 0.3) is 0 Å². The average Bonchev–Trinajstić information content (AvgIpc) is 2.19. The van der Waals surface area contributed by atoms with Crippen LogP contribution in [-0.2, 0) is 4.74 Å². The monoisotopic (exact) mass is 188 g/mol. The van der Waals surface area contributed by atoms with Crippen LogP contribution in [-0.4, -0.2) is 36.1 Å². The van der Waals surface area contributed by atoms with Gasteiger partial charge in [0.05, 0.1) is 6.10 Å². The van der Waals surface area contributed by atoms with Crippen molar-refractivity contribution in [1.29, 1.82) is 0 Å². The van der Waals surface area contributed by atoms with Crippen LogP contribution in [0.2, 0.25) is 0 Å². The predicted molar refractivity (Wildman–Crippen MR) is 50.5 cm³/mol. The molecule has 0 radical (unpaired) electrons. The van der Waals surface area contributed by atoms with Gasteiger partial charge in [0.2, 0.25) is 0 Å². The molecule has 1 saturated carbocycles. The van der Waals surface area contributed by atoms with Crippen LogP contribution in [0.15, 0.2) is 0 Å². The fraction of sp³-hybridized carbons (Fsp3) is 1.00. The van der Waals surface area contributed by atoms with Crippen LogP contribution in [0.5, 0.6) is 0 Å². The summed E-state index contributed by atoms with van der Waals surface area (Å²) in [6, 6.07) is 0. The van der Waals surface area contributed by atoms with E-state index in [9.17, 15) is 0 Å². The molecule has 0 spiro atoms. The maximum atomic E-state index is 8.92. The Labute approximate surface area is 79.7 Å². The van der Waals surface area contributed by atoms with Gasteiger partial charge in [0.15, 0.2) is 0 Å². The fourth-order valence-corrected chi connectivity index (χ4v) is 1.80. The Hall–Kier alpha value is -0.120. The zero-order chi connectivity index (χ0) is 9.52. The molecule has 3 heteroatoms. The third-order valence-corrected chi connectivity index (χ3v) is 2.71. The maximum absolute atomic E-state index is 8.92. The first kappa shape index (κ1) is 11.0. The highest BCUT2D eigenvalue weighted by Gasteiger charge is 2.20. The Morgan fingerprint density at radius 3 is 2.31 bits per heavy atom. The summed E-state index contributed by atoms with van der Waals surface area (Å²) in [4.78, 5) is 0. The van der Waals surface area contributed by atoms with Crippen molar-refractivity contribution in [3.8, 4) is 0 Å². The van der Waals surface area contributed by atoms with Gasteiger partial charge in [-0.15, -0.1) is 0 Å². The first-order valence-electron chi connectivity index (χ1n) is 5.20. The summed E-state index contributed by atoms with van der Waals surface area (Å²) in [5.41, 5.74) is 0. The zero-order valence-electron chi connectivity index (χ0n) is 8.11. The van der Waals surface area contributed by atoms with E-state index in [0.29, 0.717) is 25.2 Å². The maximum Gasteiger partial charge on any atom is 0.0575 e. The zero-order valence-corrected chi connectivity index (χ0v) is 8.11. The van der Waals surface area contributed by atoms with E-state index in [0.717, 1.165) is 32.1 Å². The molecule has 0 atom stereocenters. The molecule has 0 heterocycles. The smallest absolute Gasteiger partial charge is 0.0575 e. The van der Waals surface area contributed by atoms with Crippen LogP contribution >= 0.6 is 0 Å². The molecule has 0 aliphatic heterocycles. The van der Waals surface area contributed by atoms with Crippen molar-refractivity contribution in [2.45, 2.75) is 38.2 Å². The molecular weight excluding hydrogens is 168 g/mol. The summed E-state index contributed by atoms with van der Waals surface area (Å²) in [5, 5.41) is 17.5. The minimum absolute atomic E-state index is 0.214. The molecule has 3 nitrogen and oxygen atoms in total. The van der Waals surface area contributed by atoms with Crippen molar-refractivity contribution in [3.63, 3.8) is 0 Å². The number of rotatable bonds is 5. The van der Waals surface area contributed by atoms with E-state index in [2.05, 4.69) is 0 Å². The van der Waals surface area contributed by atoms with Crippen molar-refractivity contribution in [1.82, 2.24) is 0 Å². The number of aliphatic hydroxyl groups is 2. The van der Waals surface area contributed by atoms with E-state index >= 15 is 0 Å². The quantitative estimate of drug-likeness (QED) is 0.631. The number of ether oxygens (including phenoxy) is 1. The lowest BCUT2D eigenvalue weighted by Gasteiger charge is -2.27. The highest BCUT2D eigenvalue weighted by atomic mass is 16.5. The predicted octanol–water partition coefficient (Wildman–Crippen LogP) is 0.936. The van der Waals surface area contributed by atoms with Gasteiger partial charge in [-0.25, -0.2) is 0 Å². The van der Waals surface area contributed by atoms with Gasteiger partial charge < -0.3 is 14.9 Å². The van der Waals surface area contributed by atoms with Crippen molar-refractivity contribution < 1.29 is 14.9 Å². The lowest BCUT2D eigenvalue weighted by molar-refractivity contribution is 0.00590. The molecule has 13 heavy (non-hydrogen) atoms. The molecule has 0 bridgehead atoms. The van der Waals surface area contributed by atoms with E-state index in [1.165, 1.54) is 0 Å². The van der Waals surface area contributed by atoms with Gasteiger partial charge in [-0.2, -0.15) is 0 Å². The van der Waals surface area contributed by atoms with E-state index in [4.69, 9.17) is 14.9 Å². The molecular formula is C10H20O3. The van der Waals surface area contributed by atoms with Gasteiger partial charge in [-0.05, 0) is 38.0 Å². The second-order valence-corrected chi connectivity index (χ2v) is 3.77. The van der Waals surface area contributed by atoms with Crippen molar-refractivity contribution >= 4 is 0 Å². The first-order chi connectivity index (χ1) is 6.36. The Balaban J connectivity index is 2.03. The number of hydrogen-bond acceptors (Lipinski definition) is 3. The highest BCUT2D eigenvalue weighted by molar-refractivity contribution is 4.72. The number of hydrogen-bond donors (Lipinski definition) is 2. The van der Waals surface area contributed by atoms with Crippen LogP contribution in [0, 0.1) is 5.92 Å². The van der Waals surface area contributed by atoms with Gasteiger partial charge >= 0.3 is 0 Å². The van der Waals surface area contributed by atoms with Gasteiger partial charge in [0, 0.05) is 19.8 Å². The van der Waals surface area contributed by atoms with Gasteiger partial charge in [0.1, 0.15) is 0 Å². The number of aliphatic hydroxyl groups excluding tert-OH is 2. The summed E-state index contributed by atoms with van der Waals surface area (Å²) in [6.07, 6.45) is 5.41. The standard InChI is InChI=1S/C10H20O3/c11-6-1-7-13-10-4-2-9(8-12)3-5-10/h9-12H,1-8H2. The Morgan fingerprint density at radius 2 is 1.77 bits per heavy atom. The largest absolute Gasteiger partial charge is 0.396 e. The molecule has 1 rings (SSSR count). The highest BCUT2D eigenvalue weighted by Crippen LogP contribution is 2.25. The lowest BCUT2D eigenvalue weighted by atomic mass is 9.88. The Morgan fingerprint density at radius 1 is 1.08 bits per heavy atom.